The van der Waals surface area contributed by atoms with Crippen molar-refractivity contribution in [1.82, 2.24) is 9.80 Å². The minimum Gasteiger partial charge on any atom is -0.508 e. The summed E-state index contributed by atoms with van der Waals surface area (Å²) in [5.41, 5.74) is 1.04. The van der Waals surface area contributed by atoms with Gasteiger partial charge in [-0.25, -0.2) is 0 Å². The molecule has 116 valence electrons. The van der Waals surface area contributed by atoms with Crippen LogP contribution in [0, 0.1) is 5.92 Å². The summed E-state index contributed by atoms with van der Waals surface area (Å²) in [6, 6.07) is 8.51. The summed E-state index contributed by atoms with van der Waals surface area (Å²) in [6.45, 7) is 4.61. The topological polar surface area (TPSA) is 26.7 Å². The molecule has 2 aliphatic heterocycles. The van der Waals surface area contributed by atoms with Crippen LogP contribution in [-0.2, 0) is 6.54 Å². The van der Waals surface area contributed by atoms with Crippen LogP contribution < -0.4 is 0 Å². The molecule has 0 saturated carbocycles. The van der Waals surface area contributed by atoms with E-state index in [-0.39, 0.29) is 0 Å². The highest BCUT2D eigenvalue weighted by Gasteiger charge is 2.33. The predicted octanol–water partition coefficient (Wildman–Crippen LogP) is 3.09. The third-order valence-corrected chi connectivity index (χ3v) is 5.21. The monoisotopic (exact) mass is 288 g/mol. The molecule has 2 heterocycles. The van der Waals surface area contributed by atoms with Crippen molar-refractivity contribution in [2.45, 2.75) is 44.7 Å². The SMILES string of the molecule is CN(Cc1ccccc1O)C[C@@H]1CCCN2CCCC[C@H]12. The van der Waals surface area contributed by atoms with Crippen LogP contribution in [0.4, 0.5) is 0 Å². The quantitative estimate of drug-likeness (QED) is 0.922. The highest BCUT2D eigenvalue weighted by atomic mass is 16.3. The maximum absolute atomic E-state index is 9.92. The van der Waals surface area contributed by atoms with Gasteiger partial charge in [-0.3, -0.25) is 0 Å². The van der Waals surface area contributed by atoms with Crippen LogP contribution in [-0.4, -0.2) is 47.6 Å². The Balaban J connectivity index is 1.58. The number of phenolic OH excluding ortho intramolecular Hbond substituents is 1. The second kappa shape index (κ2) is 6.80. The summed E-state index contributed by atoms with van der Waals surface area (Å²) in [5.74, 6) is 1.22. The van der Waals surface area contributed by atoms with Gasteiger partial charge in [0.25, 0.3) is 0 Å². The second-order valence-corrected chi connectivity index (χ2v) is 6.83. The third kappa shape index (κ3) is 3.58. The first-order valence-electron chi connectivity index (χ1n) is 8.43. The van der Waals surface area contributed by atoms with Crippen molar-refractivity contribution in [1.29, 1.82) is 0 Å². The van der Waals surface area contributed by atoms with E-state index in [1.54, 1.807) is 6.07 Å². The molecule has 3 heteroatoms. The number of piperidine rings is 2. The lowest BCUT2D eigenvalue weighted by atomic mass is 9.83. The van der Waals surface area contributed by atoms with E-state index in [0.29, 0.717) is 5.75 Å². The van der Waals surface area contributed by atoms with Gasteiger partial charge in [0.2, 0.25) is 0 Å². The Morgan fingerprint density at radius 1 is 1.14 bits per heavy atom. The molecule has 0 amide bonds. The molecule has 0 spiro atoms. The fraction of sp³-hybridized carbons (Fsp3) is 0.667. The van der Waals surface area contributed by atoms with Crippen LogP contribution in [0.15, 0.2) is 24.3 Å². The van der Waals surface area contributed by atoms with Crippen molar-refractivity contribution in [2.24, 2.45) is 5.92 Å². The van der Waals surface area contributed by atoms with Crippen LogP contribution >= 0.6 is 0 Å². The molecular formula is C18H28N2O. The molecule has 0 aliphatic carbocycles. The minimum atomic E-state index is 0.423. The fourth-order valence-electron chi connectivity index (χ4n) is 4.19. The van der Waals surface area contributed by atoms with Gasteiger partial charge in [-0.1, -0.05) is 24.6 Å². The molecule has 3 rings (SSSR count). The molecule has 0 radical (unpaired) electrons. The Morgan fingerprint density at radius 2 is 1.95 bits per heavy atom. The highest BCUT2D eigenvalue weighted by molar-refractivity contribution is 5.31. The number of hydrogen-bond acceptors (Lipinski definition) is 3. The molecule has 21 heavy (non-hydrogen) atoms. The number of phenols is 1. The lowest BCUT2D eigenvalue weighted by Crippen LogP contribution is -2.50. The smallest absolute Gasteiger partial charge is 0.120 e. The summed E-state index contributed by atoms with van der Waals surface area (Å²) in [6.07, 6.45) is 6.89. The van der Waals surface area contributed by atoms with E-state index in [1.165, 1.54) is 45.2 Å². The van der Waals surface area contributed by atoms with Crippen molar-refractivity contribution >= 4 is 0 Å². The molecule has 1 aromatic carbocycles. The van der Waals surface area contributed by atoms with Gasteiger partial charge in [0.1, 0.15) is 5.75 Å². The van der Waals surface area contributed by atoms with Crippen molar-refractivity contribution < 1.29 is 5.11 Å². The Morgan fingerprint density at radius 3 is 2.81 bits per heavy atom. The Hall–Kier alpha value is -1.06. The minimum absolute atomic E-state index is 0.423. The van der Waals surface area contributed by atoms with Crippen LogP contribution in [0.25, 0.3) is 0 Å². The van der Waals surface area contributed by atoms with Gasteiger partial charge in [0.05, 0.1) is 0 Å². The molecule has 2 fully saturated rings. The summed E-state index contributed by atoms with van der Waals surface area (Å²) >= 11 is 0. The highest BCUT2D eigenvalue weighted by Crippen LogP contribution is 2.31. The summed E-state index contributed by atoms with van der Waals surface area (Å²) in [5, 5.41) is 9.92. The average molecular weight is 288 g/mol. The number of hydrogen-bond donors (Lipinski definition) is 1. The Labute approximate surface area is 128 Å². The van der Waals surface area contributed by atoms with Crippen LogP contribution in [0.2, 0.25) is 0 Å². The summed E-state index contributed by atoms with van der Waals surface area (Å²) in [7, 11) is 2.19. The van der Waals surface area contributed by atoms with E-state index in [9.17, 15) is 5.11 Å². The van der Waals surface area contributed by atoms with Gasteiger partial charge in [-0.15, -0.1) is 0 Å². The summed E-state index contributed by atoms with van der Waals surface area (Å²) < 4.78 is 0. The van der Waals surface area contributed by atoms with E-state index >= 15 is 0 Å². The van der Waals surface area contributed by atoms with E-state index in [1.807, 2.05) is 18.2 Å². The predicted molar refractivity (Wildman–Crippen MR) is 86.4 cm³/mol. The van der Waals surface area contributed by atoms with E-state index in [4.69, 9.17) is 0 Å². The molecule has 3 nitrogen and oxygen atoms in total. The summed E-state index contributed by atoms with van der Waals surface area (Å²) in [4.78, 5) is 5.11. The van der Waals surface area contributed by atoms with Gasteiger partial charge >= 0.3 is 0 Å². The van der Waals surface area contributed by atoms with Gasteiger partial charge in [-0.05, 0) is 57.8 Å². The molecule has 2 aliphatic rings. The molecule has 0 bridgehead atoms. The standard InChI is InChI=1S/C18H28N2O/c1-19(14-16-7-2-3-10-18(16)21)13-15-8-6-12-20-11-5-4-9-17(15)20/h2-3,7,10,15,17,21H,4-6,8-9,11-14H2,1H3/t15-,17+/m0/s1. The molecule has 0 unspecified atom stereocenters. The Kier molecular flexibility index (Phi) is 4.81. The van der Waals surface area contributed by atoms with E-state index in [0.717, 1.165) is 30.6 Å². The lowest BCUT2D eigenvalue weighted by Gasteiger charge is -2.45. The van der Waals surface area contributed by atoms with Gasteiger partial charge in [0, 0.05) is 24.7 Å². The Bertz CT molecular complexity index is 460. The molecule has 1 N–H and O–H groups in total. The average Bonchev–Trinajstić information content (AvgIpc) is 2.50. The molecular weight excluding hydrogens is 260 g/mol. The second-order valence-electron chi connectivity index (χ2n) is 6.83. The van der Waals surface area contributed by atoms with Crippen LogP contribution in [0.5, 0.6) is 5.75 Å². The van der Waals surface area contributed by atoms with Gasteiger partial charge in [0.15, 0.2) is 0 Å². The first-order valence-corrected chi connectivity index (χ1v) is 8.43. The van der Waals surface area contributed by atoms with Crippen LogP contribution in [0.3, 0.4) is 0 Å². The number of fused-ring (bicyclic) bond motifs is 1. The van der Waals surface area contributed by atoms with Crippen molar-refractivity contribution in [3.05, 3.63) is 29.8 Å². The number of benzene rings is 1. The first kappa shape index (κ1) is 14.9. The number of nitrogens with zero attached hydrogens (tertiary/aromatic N) is 2. The number of para-hydroxylation sites is 1. The van der Waals surface area contributed by atoms with Crippen molar-refractivity contribution in [3.63, 3.8) is 0 Å². The maximum Gasteiger partial charge on any atom is 0.120 e. The lowest BCUT2D eigenvalue weighted by molar-refractivity contribution is 0.0434. The van der Waals surface area contributed by atoms with Crippen LogP contribution in [0.1, 0.15) is 37.7 Å². The molecule has 1 aromatic rings. The third-order valence-electron chi connectivity index (χ3n) is 5.21. The normalized spacial score (nSPS) is 26.8. The largest absolute Gasteiger partial charge is 0.508 e. The zero-order valence-electron chi connectivity index (χ0n) is 13.2. The van der Waals surface area contributed by atoms with E-state index in [2.05, 4.69) is 16.8 Å². The maximum atomic E-state index is 9.92. The first-order chi connectivity index (χ1) is 10.2. The van der Waals surface area contributed by atoms with Crippen molar-refractivity contribution in [3.8, 4) is 5.75 Å². The molecule has 0 aromatic heterocycles. The van der Waals surface area contributed by atoms with Crippen molar-refractivity contribution in [2.75, 3.05) is 26.7 Å². The van der Waals surface area contributed by atoms with Gasteiger partial charge in [-0.2, -0.15) is 0 Å². The zero-order chi connectivity index (χ0) is 14.7. The number of rotatable bonds is 4. The van der Waals surface area contributed by atoms with Gasteiger partial charge < -0.3 is 14.9 Å². The fourth-order valence-corrected chi connectivity index (χ4v) is 4.19. The molecule has 2 atom stereocenters. The van der Waals surface area contributed by atoms with E-state index < -0.39 is 0 Å². The molecule has 2 saturated heterocycles. The zero-order valence-corrected chi connectivity index (χ0v) is 13.2. The number of aromatic hydroxyl groups is 1.